The molecule has 0 aliphatic carbocycles. The van der Waals surface area contributed by atoms with E-state index in [9.17, 15) is 0 Å². The van der Waals surface area contributed by atoms with E-state index in [0.29, 0.717) is 6.04 Å². The highest BCUT2D eigenvalue weighted by atomic mass is 32.1. The molecule has 0 aliphatic rings. The average molecular weight is 290 g/mol. The van der Waals surface area contributed by atoms with Crippen molar-refractivity contribution in [3.63, 3.8) is 0 Å². The van der Waals surface area contributed by atoms with Gasteiger partial charge in [-0.1, -0.05) is 13.0 Å². The molecule has 2 aromatic heterocycles. The van der Waals surface area contributed by atoms with Gasteiger partial charge in [0.1, 0.15) is 17.5 Å². The van der Waals surface area contributed by atoms with E-state index >= 15 is 0 Å². The summed E-state index contributed by atoms with van der Waals surface area (Å²) in [5.41, 5.74) is 0. The first-order chi connectivity index (χ1) is 9.63. The zero-order valence-electron chi connectivity index (χ0n) is 12.6. The maximum Gasteiger partial charge on any atom is 0.134 e. The van der Waals surface area contributed by atoms with Crippen LogP contribution in [0.4, 0.5) is 11.6 Å². The monoisotopic (exact) mass is 290 g/mol. The minimum Gasteiger partial charge on any atom is -0.373 e. The van der Waals surface area contributed by atoms with E-state index in [1.165, 1.54) is 4.88 Å². The number of aromatic nitrogens is 2. The Bertz CT molecular complexity index is 515. The topological polar surface area (TPSA) is 41.1 Å². The molecule has 0 atom stereocenters. The lowest BCUT2D eigenvalue weighted by molar-refractivity contribution is 0.672. The largest absolute Gasteiger partial charge is 0.373 e. The Kier molecular flexibility index (Phi) is 4.95. The Balaban J connectivity index is 2.33. The molecule has 20 heavy (non-hydrogen) atoms. The predicted octanol–water partition coefficient (Wildman–Crippen LogP) is 3.56. The third kappa shape index (κ3) is 3.48. The van der Waals surface area contributed by atoms with Crippen molar-refractivity contribution in [3.8, 4) is 0 Å². The van der Waals surface area contributed by atoms with E-state index in [-0.39, 0.29) is 0 Å². The molecule has 0 amide bonds. The molecule has 0 aliphatic heterocycles. The Morgan fingerprint density at radius 3 is 2.70 bits per heavy atom. The average Bonchev–Trinajstić information content (AvgIpc) is 2.96. The highest BCUT2D eigenvalue weighted by molar-refractivity contribution is 7.09. The summed E-state index contributed by atoms with van der Waals surface area (Å²) in [7, 11) is 1.89. The SMILES string of the molecule is CCc1nc(NC)cc(N(Cc2cccs2)C(C)C)n1. The van der Waals surface area contributed by atoms with Gasteiger partial charge < -0.3 is 10.2 Å². The molecule has 0 saturated heterocycles. The van der Waals surface area contributed by atoms with Gasteiger partial charge in [-0.15, -0.1) is 11.3 Å². The summed E-state index contributed by atoms with van der Waals surface area (Å²) >= 11 is 1.78. The van der Waals surface area contributed by atoms with E-state index in [2.05, 4.69) is 58.5 Å². The first kappa shape index (κ1) is 14.8. The summed E-state index contributed by atoms with van der Waals surface area (Å²) < 4.78 is 0. The molecule has 0 spiro atoms. The molecule has 0 radical (unpaired) electrons. The lowest BCUT2D eigenvalue weighted by atomic mass is 10.3. The zero-order chi connectivity index (χ0) is 14.5. The van der Waals surface area contributed by atoms with Gasteiger partial charge >= 0.3 is 0 Å². The van der Waals surface area contributed by atoms with Crippen LogP contribution >= 0.6 is 11.3 Å². The number of hydrogen-bond donors (Lipinski definition) is 1. The van der Waals surface area contributed by atoms with Crippen LogP contribution in [-0.2, 0) is 13.0 Å². The van der Waals surface area contributed by atoms with Crippen molar-refractivity contribution in [3.05, 3.63) is 34.3 Å². The Morgan fingerprint density at radius 1 is 1.35 bits per heavy atom. The van der Waals surface area contributed by atoms with Crippen LogP contribution in [0.15, 0.2) is 23.6 Å². The Labute approximate surface area is 124 Å². The van der Waals surface area contributed by atoms with Crippen LogP contribution in [0, 0.1) is 0 Å². The number of hydrogen-bond acceptors (Lipinski definition) is 5. The van der Waals surface area contributed by atoms with Crippen molar-refractivity contribution in [1.29, 1.82) is 0 Å². The number of nitrogens with one attached hydrogen (secondary N) is 1. The summed E-state index contributed by atoms with van der Waals surface area (Å²) in [6.07, 6.45) is 0.841. The first-order valence-corrected chi connectivity index (χ1v) is 7.86. The van der Waals surface area contributed by atoms with E-state index in [1.54, 1.807) is 11.3 Å². The maximum atomic E-state index is 4.68. The molecule has 0 saturated carbocycles. The van der Waals surface area contributed by atoms with Crippen molar-refractivity contribution in [1.82, 2.24) is 9.97 Å². The van der Waals surface area contributed by atoms with Crippen LogP contribution in [0.5, 0.6) is 0 Å². The minimum absolute atomic E-state index is 0.390. The maximum absolute atomic E-state index is 4.68. The van der Waals surface area contributed by atoms with Gasteiger partial charge in [-0.05, 0) is 25.3 Å². The minimum atomic E-state index is 0.390. The highest BCUT2D eigenvalue weighted by Gasteiger charge is 2.15. The van der Waals surface area contributed by atoms with E-state index in [4.69, 9.17) is 0 Å². The lowest BCUT2D eigenvalue weighted by Gasteiger charge is -2.28. The van der Waals surface area contributed by atoms with Crippen molar-refractivity contribution in [2.45, 2.75) is 39.8 Å². The third-order valence-corrected chi connectivity index (χ3v) is 4.02. The van der Waals surface area contributed by atoms with E-state index < -0.39 is 0 Å². The molecule has 0 fully saturated rings. The second-order valence-corrected chi connectivity index (χ2v) is 5.96. The fourth-order valence-corrected chi connectivity index (χ4v) is 2.72. The van der Waals surface area contributed by atoms with Crippen LogP contribution < -0.4 is 10.2 Å². The lowest BCUT2D eigenvalue weighted by Crippen LogP contribution is -2.31. The number of aryl methyl sites for hydroxylation is 1. The fourth-order valence-electron chi connectivity index (χ4n) is 2.01. The second-order valence-electron chi connectivity index (χ2n) is 4.93. The summed E-state index contributed by atoms with van der Waals surface area (Å²) in [6.45, 7) is 7.36. The molecule has 5 heteroatoms. The van der Waals surface area contributed by atoms with Crippen molar-refractivity contribution in [2.75, 3.05) is 17.3 Å². The van der Waals surface area contributed by atoms with E-state index in [0.717, 1.165) is 30.4 Å². The van der Waals surface area contributed by atoms with Crippen LogP contribution in [0.25, 0.3) is 0 Å². The van der Waals surface area contributed by atoms with Crippen molar-refractivity contribution >= 4 is 23.0 Å². The quantitative estimate of drug-likeness (QED) is 0.883. The molecule has 0 aromatic carbocycles. The molecular formula is C15H22N4S. The van der Waals surface area contributed by atoms with Gasteiger partial charge in [0, 0.05) is 30.5 Å². The van der Waals surface area contributed by atoms with Crippen LogP contribution in [0.2, 0.25) is 0 Å². The number of anilines is 2. The zero-order valence-corrected chi connectivity index (χ0v) is 13.4. The predicted molar refractivity (Wildman–Crippen MR) is 86.6 cm³/mol. The second kappa shape index (κ2) is 6.70. The van der Waals surface area contributed by atoms with E-state index in [1.807, 2.05) is 13.1 Å². The van der Waals surface area contributed by atoms with Gasteiger partial charge in [-0.25, -0.2) is 9.97 Å². The van der Waals surface area contributed by atoms with Gasteiger partial charge in [0.2, 0.25) is 0 Å². The standard InChI is InChI=1S/C15H22N4S/c1-5-13-17-14(16-4)9-15(18-13)19(11(2)3)10-12-7-6-8-20-12/h6-9,11H,5,10H2,1-4H3,(H,16,17,18). The fraction of sp³-hybridized carbons (Fsp3) is 0.467. The molecule has 1 N–H and O–H groups in total. The van der Waals surface area contributed by atoms with Crippen LogP contribution in [0.3, 0.4) is 0 Å². The van der Waals surface area contributed by atoms with Gasteiger partial charge in [0.25, 0.3) is 0 Å². The van der Waals surface area contributed by atoms with Gasteiger partial charge in [0.05, 0.1) is 6.54 Å². The number of thiophene rings is 1. The number of nitrogens with zero attached hydrogens (tertiary/aromatic N) is 3. The molecule has 0 bridgehead atoms. The summed E-state index contributed by atoms with van der Waals surface area (Å²) in [5.74, 6) is 2.75. The number of rotatable bonds is 6. The van der Waals surface area contributed by atoms with Crippen molar-refractivity contribution < 1.29 is 0 Å². The molecule has 108 valence electrons. The molecule has 2 heterocycles. The van der Waals surface area contributed by atoms with Gasteiger partial charge in [-0.3, -0.25) is 0 Å². The molecular weight excluding hydrogens is 268 g/mol. The third-order valence-electron chi connectivity index (χ3n) is 3.16. The van der Waals surface area contributed by atoms with Gasteiger partial charge in [-0.2, -0.15) is 0 Å². The summed E-state index contributed by atoms with van der Waals surface area (Å²) in [5, 5.41) is 5.23. The van der Waals surface area contributed by atoms with Crippen LogP contribution in [-0.4, -0.2) is 23.1 Å². The highest BCUT2D eigenvalue weighted by Crippen LogP contribution is 2.22. The Morgan fingerprint density at radius 2 is 2.15 bits per heavy atom. The van der Waals surface area contributed by atoms with Gasteiger partial charge in [0.15, 0.2) is 0 Å². The molecule has 2 aromatic rings. The normalized spacial score (nSPS) is 10.8. The van der Waals surface area contributed by atoms with Crippen LogP contribution in [0.1, 0.15) is 31.5 Å². The molecule has 2 rings (SSSR count). The first-order valence-electron chi connectivity index (χ1n) is 6.98. The smallest absolute Gasteiger partial charge is 0.134 e. The summed E-state index contributed by atoms with van der Waals surface area (Å²) in [4.78, 5) is 12.8. The summed E-state index contributed by atoms with van der Waals surface area (Å²) in [6, 6.07) is 6.67. The molecule has 4 nitrogen and oxygen atoms in total. The molecule has 0 unspecified atom stereocenters. The Hall–Kier alpha value is -1.62. The van der Waals surface area contributed by atoms with Crippen molar-refractivity contribution in [2.24, 2.45) is 0 Å².